The average Bonchev–Trinajstić information content (AvgIpc) is 3.16. The fourth-order valence-corrected chi connectivity index (χ4v) is 2.29. The third kappa shape index (κ3) is 3.40. The molecule has 0 fully saturated rings. The number of anilines is 1. The van der Waals surface area contributed by atoms with Crippen LogP contribution in [0.4, 0.5) is 5.82 Å². The SMILES string of the molecule is COC(=O)c1ccc(N[C@@H](C)c2cccc(-n3cccn3)c2)nn1. The standard InChI is InChI=1S/C17H17N5O2/c1-12(19-16-8-7-15(20-21-16)17(23)24-2)13-5-3-6-14(11-13)22-10-4-9-18-22/h3-12H,1-2H3,(H,19,21)/t12-/m0/s1. The second-order valence-corrected chi connectivity index (χ2v) is 5.21. The van der Waals surface area contributed by atoms with Crippen molar-refractivity contribution in [3.05, 3.63) is 66.1 Å². The van der Waals surface area contributed by atoms with E-state index in [0.717, 1.165) is 11.3 Å². The summed E-state index contributed by atoms with van der Waals surface area (Å²) in [5.74, 6) is 0.0775. The maximum absolute atomic E-state index is 11.4. The summed E-state index contributed by atoms with van der Waals surface area (Å²) < 4.78 is 6.41. The smallest absolute Gasteiger partial charge is 0.358 e. The van der Waals surface area contributed by atoms with Crippen LogP contribution in [0, 0.1) is 0 Å². The van der Waals surface area contributed by atoms with E-state index in [1.54, 1.807) is 23.0 Å². The normalized spacial score (nSPS) is 11.8. The van der Waals surface area contributed by atoms with Gasteiger partial charge in [0.05, 0.1) is 18.8 Å². The number of carbonyl (C=O) groups excluding carboxylic acids is 1. The summed E-state index contributed by atoms with van der Waals surface area (Å²) in [6, 6.07) is 13.2. The summed E-state index contributed by atoms with van der Waals surface area (Å²) in [7, 11) is 1.31. The van der Waals surface area contributed by atoms with Gasteiger partial charge in [0, 0.05) is 12.4 Å². The monoisotopic (exact) mass is 323 g/mol. The molecule has 24 heavy (non-hydrogen) atoms. The zero-order valence-corrected chi connectivity index (χ0v) is 13.4. The van der Waals surface area contributed by atoms with Crippen LogP contribution >= 0.6 is 0 Å². The third-order valence-electron chi connectivity index (χ3n) is 3.56. The van der Waals surface area contributed by atoms with E-state index in [4.69, 9.17) is 0 Å². The second-order valence-electron chi connectivity index (χ2n) is 5.21. The van der Waals surface area contributed by atoms with Crippen LogP contribution in [0.3, 0.4) is 0 Å². The molecule has 2 aromatic heterocycles. The number of ether oxygens (including phenoxy) is 1. The molecule has 0 saturated carbocycles. The van der Waals surface area contributed by atoms with Crippen molar-refractivity contribution in [2.24, 2.45) is 0 Å². The number of nitrogens with one attached hydrogen (secondary N) is 1. The van der Waals surface area contributed by atoms with Gasteiger partial charge in [-0.25, -0.2) is 9.48 Å². The molecule has 0 aliphatic carbocycles. The maximum atomic E-state index is 11.4. The highest BCUT2D eigenvalue weighted by molar-refractivity contribution is 5.86. The van der Waals surface area contributed by atoms with Gasteiger partial charge in [-0.2, -0.15) is 5.10 Å². The number of esters is 1. The fourth-order valence-electron chi connectivity index (χ4n) is 2.29. The zero-order chi connectivity index (χ0) is 16.9. The molecule has 0 aliphatic rings. The van der Waals surface area contributed by atoms with E-state index in [2.05, 4.69) is 31.4 Å². The Hall–Kier alpha value is -3.22. The topological polar surface area (TPSA) is 81.9 Å². The first-order valence-electron chi connectivity index (χ1n) is 7.46. The van der Waals surface area contributed by atoms with Gasteiger partial charge in [0.1, 0.15) is 5.82 Å². The van der Waals surface area contributed by atoms with Gasteiger partial charge in [-0.15, -0.1) is 10.2 Å². The number of methoxy groups -OCH3 is 1. The van der Waals surface area contributed by atoms with Crippen LogP contribution < -0.4 is 5.32 Å². The molecule has 7 nitrogen and oxygen atoms in total. The molecule has 3 aromatic rings. The summed E-state index contributed by atoms with van der Waals surface area (Å²) in [6.45, 7) is 2.03. The van der Waals surface area contributed by atoms with Crippen molar-refractivity contribution in [2.75, 3.05) is 12.4 Å². The van der Waals surface area contributed by atoms with E-state index in [-0.39, 0.29) is 11.7 Å². The van der Waals surface area contributed by atoms with Crippen molar-refractivity contribution in [2.45, 2.75) is 13.0 Å². The van der Waals surface area contributed by atoms with Gasteiger partial charge in [-0.1, -0.05) is 12.1 Å². The summed E-state index contributed by atoms with van der Waals surface area (Å²) in [6.07, 6.45) is 3.64. The summed E-state index contributed by atoms with van der Waals surface area (Å²) >= 11 is 0. The highest BCUT2D eigenvalue weighted by atomic mass is 16.5. The van der Waals surface area contributed by atoms with E-state index in [1.807, 2.05) is 37.4 Å². The van der Waals surface area contributed by atoms with Crippen LogP contribution in [0.2, 0.25) is 0 Å². The minimum absolute atomic E-state index is 0.0128. The Morgan fingerprint density at radius 2 is 2.08 bits per heavy atom. The first kappa shape index (κ1) is 15.7. The van der Waals surface area contributed by atoms with E-state index < -0.39 is 5.97 Å². The van der Waals surface area contributed by atoms with E-state index in [0.29, 0.717) is 5.82 Å². The summed E-state index contributed by atoms with van der Waals surface area (Å²) in [5.41, 5.74) is 2.25. The lowest BCUT2D eigenvalue weighted by molar-refractivity contribution is 0.0593. The van der Waals surface area contributed by atoms with Crippen LogP contribution in [0.15, 0.2) is 54.9 Å². The minimum Gasteiger partial charge on any atom is -0.464 e. The Morgan fingerprint density at radius 3 is 2.75 bits per heavy atom. The molecule has 122 valence electrons. The zero-order valence-electron chi connectivity index (χ0n) is 13.4. The molecule has 1 atom stereocenters. The minimum atomic E-state index is -0.506. The maximum Gasteiger partial charge on any atom is 0.358 e. The average molecular weight is 323 g/mol. The molecule has 0 saturated heterocycles. The van der Waals surface area contributed by atoms with Crippen LogP contribution in [0.25, 0.3) is 5.69 Å². The van der Waals surface area contributed by atoms with Crippen molar-refractivity contribution < 1.29 is 9.53 Å². The number of nitrogens with zero attached hydrogens (tertiary/aromatic N) is 4. The van der Waals surface area contributed by atoms with E-state index >= 15 is 0 Å². The second kappa shape index (κ2) is 6.91. The Bertz CT molecular complexity index is 815. The van der Waals surface area contributed by atoms with Crippen LogP contribution in [0.1, 0.15) is 29.0 Å². The van der Waals surface area contributed by atoms with E-state index in [9.17, 15) is 4.79 Å². The Labute approximate surface area is 139 Å². The number of hydrogen-bond acceptors (Lipinski definition) is 6. The molecule has 0 amide bonds. The molecule has 7 heteroatoms. The Kier molecular flexibility index (Phi) is 4.51. The van der Waals surface area contributed by atoms with Gasteiger partial charge in [0.25, 0.3) is 0 Å². The van der Waals surface area contributed by atoms with Crippen LogP contribution in [-0.2, 0) is 4.74 Å². The lowest BCUT2D eigenvalue weighted by Gasteiger charge is -2.15. The summed E-state index contributed by atoms with van der Waals surface area (Å²) in [5, 5.41) is 15.4. The molecular weight excluding hydrogens is 306 g/mol. The van der Waals surface area contributed by atoms with E-state index in [1.165, 1.54) is 7.11 Å². The van der Waals surface area contributed by atoms with Gasteiger partial charge in [-0.3, -0.25) is 0 Å². The highest BCUT2D eigenvalue weighted by Gasteiger charge is 2.10. The molecule has 0 aliphatic heterocycles. The van der Waals surface area contributed by atoms with Crippen LogP contribution in [-0.4, -0.2) is 33.1 Å². The first-order valence-corrected chi connectivity index (χ1v) is 7.46. The van der Waals surface area contributed by atoms with Gasteiger partial charge in [0.2, 0.25) is 0 Å². The molecule has 0 bridgehead atoms. The Morgan fingerprint density at radius 1 is 1.21 bits per heavy atom. The predicted octanol–water partition coefficient (Wildman–Crippen LogP) is 2.62. The van der Waals surface area contributed by atoms with Gasteiger partial charge >= 0.3 is 5.97 Å². The van der Waals surface area contributed by atoms with Crippen molar-refractivity contribution in [1.82, 2.24) is 20.0 Å². The number of benzene rings is 1. The lowest BCUT2D eigenvalue weighted by Crippen LogP contribution is -2.11. The van der Waals surface area contributed by atoms with Gasteiger partial charge in [0.15, 0.2) is 5.69 Å². The number of carbonyl (C=O) groups is 1. The van der Waals surface area contributed by atoms with Crippen molar-refractivity contribution in [3.63, 3.8) is 0 Å². The first-order chi connectivity index (χ1) is 11.7. The fraction of sp³-hybridized carbons (Fsp3) is 0.176. The number of aromatic nitrogens is 4. The molecule has 0 spiro atoms. The molecule has 1 N–H and O–H groups in total. The van der Waals surface area contributed by atoms with Gasteiger partial charge < -0.3 is 10.1 Å². The molecule has 2 heterocycles. The quantitative estimate of drug-likeness (QED) is 0.727. The molecule has 0 unspecified atom stereocenters. The highest BCUT2D eigenvalue weighted by Crippen LogP contribution is 2.20. The number of rotatable bonds is 5. The molecule has 0 radical (unpaired) electrons. The van der Waals surface area contributed by atoms with Crippen molar-refractivity contribution in [1.29, 1.82) is 0 Å². The third-order valence-corrected chi connectivity index (χ3v) is 3.56. The lowest BCUT2D eigenvalue weighted by atomic mass is 10.1. The van der Waals surface area contributed by atoms with Crippen molar-refractivity contribution in [3.8, 4) is 5.69 Å². The largest absolute Gasteiger partial charge is 0.464 e. The van der Waals surface area contributed by atoms with Gasteiger partial charge in [-0.05, 0) is 42.8 Å². The van der Waals surface area contributed by atoms with Crippen molar-refractivity contribution >= 4 is 11.8 Å². The predicted molar refractivity (Wildman–Crippen MR) is 89.0 cm³/mol. The Balaban J connectivity index is 1.74. The van der Waals surface area contributed by atoms with Crippen LogP contribution in [0.5, 0.6) is 0 Å². The number of hydrogen-bond donors (Lipinski definition) is 1. The molecule has 1 aromatic carbocycles. The summed E-state index contributed by atoms with van der Waals surface area (Å²) in [4.78, 5) is 11.4. The molecule has 3 rings (SSSR count). The molecular formula is C17H17N5O2.